The van der Waals surface area contributed by atoms with Gasteiger partial charge < -0.3 is 10.5 Å². The molecule has 1 aromatic rings. The van der Waals surface area contributed by atoms with E-state index in [9.17, 15) is 13.2 Å². The molecule has 3 rings (SSSR count). The Balaban J connectivity index is 2.16. The zero-order chi connectivity index (χ0) is 18.1. The highest BCUT2D eigenvalue weighted by molar-refractivity contribution is 7.91. The fraction of sp³-hybridized carbons (Fsp3) is 0.526. The summed E-state index contributed by atoms with van der Waals surface area (Å²) in [5, 5.41) is 0. The largest absolute Gasteiger partial charge is 0.381 e. The second-order valence-corrected chi connectivity index (χ2v) is 9.30. The van der Waals surface area contributed by atoms with Crippen molar-refractivity contribution in [3.8, 4) is 0 Å². The third-order valence-electron chi connectivity index (χ3n) is 5.46. The average Bonchev–Trinajstić information content (AvgIpc) is 2.61. The van der Waals surface area contributed by atoms with Gasteiger partial charge in [0.1, 0.15) is 4.75 Å². The van der Waals surface area contributed by atoms with Crippen LogP contribution in [0, 0.1) is 0 Å². The van der Waals surface area contributed by atoms with E-state index in [1.54, 1.807) is 12.1 Å². The molecule has 2 N–H and O–H groups in total. The minimum absolute atomic E-state index is 0.419. The lowest BCUT2D eigenvalue weighted by Crippen LogP contribution is -2.41. The molecule has 0 saturated carbocycles. The van der Waals surface area contributed by atoms with Crippen molar-refractivity contribution in [3.05, 3.63) is 41.0 Å². The van der Waals surface area contributed by atoms with Gasteiger partial charge in [-0.25, -0.2) is 8.42 Å². The van der Waals surface area contributed by atoms with Gasteiger partial charge >= 0.3 is 0 Å². The van der Waals surface area contributed by atoms with Crippen molar-refractivity contribution >= 4 is 21.3 Å². The highest BCUT2D eigenvalue weighted by Gasteiger charge is 2.44. The fourth-order valence-electron chi connectivity index (χ4n) is 3.97. The Morgan fingerprint density at radius 3 is 2.48 bits per heavy atom. The van der Waals surface area contributed by atoms with E-state index in [1.807, 2.05) is 6.07 Å². The highest BCUT2D eigenvalue weighted by atomic mass is 32.2. The molecule has 1 aliphatic carbocycles. The van der Waals surface area contributed by atoms with Gasteiger partial charge in [0.05, 0.1) is 0 Å². The molecule has 1 fully saturated rings. The lowest BCUT2D eigenvalue weighted by atomic mass is 9.84. The van der Waals surface area contributed by atoms with Gasteiger partial charge in [0.25, 0.3) is 0 Å². The van der Waals surface area contributed by atoms with Gasteiger partial charge in [0.2, 0.25) is 5.91 Å². The topological polar surface area (TPSA) is 86.5 Å². The number of hydrogen-bond acceptors (Lipinski definition) is 4. The number of rotatable bonds is 4. The van der Waals surface area contributed by atoms with Crippen molar-refractivity contribution in [1.29, 1.82) is 0 Å². The van der Waals surface area contributed by atoms with Crippen LogP contribution in [0.2, 0.25) is 0 Å². The standard InChI is InChI=1S/C19H25NO4S/c1-25(22,23)19(9-11-24-12-10-19)15-7-8-16(18(20)21)17(13-15)14-5-3-2-4-6-14/h5,7-8,13H,2-4,6,9-12H2,1H3,(H2,20,21). The summed E-state index contributed by atoms with van der Waals surface area (Å²) in [5.41, 5.74) is 8.66. The van der Waals surface area contributed by atoms with Crippen molar-refractivity contribution in [2.45, 2.75) is 43.3 Å². The van der Waals surface area contributed by atoms with Crippen LogP contribution in [0.25, 0.3) is 5.57 Å². The molecule has 0 atom stereocenters. The Morgan fingerprint density at radius 1 is 1.20 bits per heavy atom. The van der Waals surface area contributed by atoms with Gasteiger partial charge in [-0.15, -0.1) is 0 Å². The van der Waals surface area contributed by atoms with Gasteiger partial charge in [-0.3, -0.25) is 4.79 Å². The van der Waals surface area contributed by atoms with E-state index in [-0.39, 0.29) is 0 Å². The van der Waals surface area contributed by atoms with E-state index in [0.717, 1.165) is 42.4 Å². The van der Waals surface area contributed by atoms with Crippen LogP contribution in [0.5, 0.6) is 0 Å². The van der Waals surface area contributed by atoms with Crippen molar-refractivity contribution in [3.63, 3.8) is 0 Å². The minimum Gasteiger partial charge on any atom is -0.381 e. The lowest BCUT2D eigenvalue weighted by Gasteiger charge is -2.36. The van der Waals surface area contributed by atoms with Gasteiger partial charge in [0.15, 0.2) is 9.84 Å². The second-order valence-electron chi connectivity index (χ2n) is 6.98. The van der Waals surface area contributed by atoms with E-state index in [0.29, 0.717) is 31.6 Å². The Labute approximate surface area is 149 Å². The molecule has 0 aromatic heterocycles. The van der Waals surface area contributed by atoms with E-state index in [1.165, 1.54) is 6.26 Å². The predicted octanol–water partition coefficient (Wildman–Crippen LogP) is 2.79. The van der Waals surface area contributed by atoms with E-state index in [2.05, 4.69) is 6.08 Å². The molecule has 136 valence electrons. The molecular weight excluding hydrogens is 338 g/mol. The first-order valence-electron chi connectivity index (χ1n) is 8.76. The smallest absolute Gasteiger partial charge is 0.249 e. The maximum atomic E-state index is 12.7. The maximum Gasteiger partial charge on any atom is 0.249 e. The molecular formula is C19H25NO4S. The van der Waals surface area contributed by atoms with Crippen LogP contribution in [-0.4, -0.2) is 33.8 Å². The number of sulfone groups is 1. The number of allylic oxidation sites excluding steroid dienone is 2. The summed E-state index contributed by atoms with van der Waals surface area (Å²) < 4.78 is 29.8. The van der Waals surface area contributed by atoms with Crippen LogP contribution in [0.1, 0.15) is 60.0 Å². The molecule has 1 aromatic carbocycles. The number of amides is 1. The van der Waals surface area contributed by atoms with E-state index < -0.39 is 20.5 Å². The van der Waals surface area contributed by atoms with Gasteiger partial charge in [-0.05, 0) is 67.4 Å². The molecule has 2 aliphatic rings. The molecule has 1 amide bonds. The summed E-state index contributed by atoms with van der Waals surface area (Å²) in [6, 6.07) is 5.31. The van der Waals surface area contributed by atoms with Crippen molar-refractivity contribution in [1.82, 2.24) is 0 Å². The molecule has 5 nitrogen and oxygen atoms in total. The van der Waals surface area contributed by atoms with Crippen LogP contribution in [0.4, 0.5) is 0 Å². The molecule has 1 saturated heterocycles. The van der Waals surface area contributed by atoms with E-state index >= 15 is 0 Å². The number of primary amides is 1. The monoisotopic (exact) mass is 363 g/mol. The van der Waals surface area contributed by atoms with Gasteiger partial charge in [-0.1, -0.05) is 12.1 Å². The van der Waals surface area contributed by atoms with Crippen molar-refractivity contribution in [2.75, 3.05) is 19.5 Å². The molecule has 6 heteroatoms. The molecule has 1 aliphatic heterocycles. The second kappa shape index (κ2) is 6.92. The number of carbonyl (C=O) groups is 1. The summed E-state index contributed by atoms with van der Waals surface area (Å²) in [7, 11) is -3.34. The van der Waals surface area contributed by atoms with Crippen LogP contribution in [-0.2, 0) is 19.3 Å². The van der Waals surface area contributed by atoms with Gasteiger partial charge in [-0.2, -0.15) is 0 Å². The highest BCUT2D eigenvalue weighted by Crippen LogP contribution is 2.41. The number of hydrogen-bond donors (Lipinski definition) is 1. The molecule has 1 heterocycles. The number of nitrogens with two attached hydrogens (primary N) is 1. The number of ether oxygens (including phenoxy) is 1. The number of benzene rings is 1. The van der Waals surface area contributed by atoms with Crippen LogP contribution in [0.3, 0.4) is 0 Å². The Hall–Kier alpha value is -1.66. The molecule has 0 bridgehead atoms. The van der Waals surface area contributed by atoms with Crippen LogP contribution >= 0.6 is 0 Å². The lowest BCUT2D eigenvalue weighted by molar-refractivity contribution is 0.0742. The van der Waals surface area contributed by atoms with Gasteiger partial charge in [0, 0.05) is 25.0 Å². The Morgan fingerprint density at radius 2 is 1.92 bits per heavy atom. The molecule has 0 spiro atoms. The normalized spacial score (nSPS) is 20.8. The van der Waals surface area contributed by atoms with Crippen molar-refractivity contribution in [2.24, 2.45) is 5.73 Å². The van der Waals surface area contributed by atoms with Crippen molar-refractivity contribution < 1.29 is 17.9 Å². The quantitative estimate of drug-likeness (QED) is 0.891. The maximum absolute atomic E-state index is 12.7. The Kier molecular flexibility index (Phi) is 5.02. The zero-order valence-corrected chi connectivity index (χ0v) is 15.4. The average molecular weight is 363 g/mol. The predicted molar refractivity (Wildman–Crippen MR) is 98.0 cm³/mol. The summed E-state index contributed by atoms with van der Waals surface area (Å²) in [6.07, 6.45) is 8.37. The first-order valence-corrected chi connectivity index (χ1v) is 10.7. The number of carbonyl (C=O) groups excluding carboxylic acids is 1. The third-order valence-corrected chi connectivity index (χ3v) is 7.52. The minimum atomic E-state index is -3.34. The summed E-state index contributed by atoms with van der Waals surface area (Å²) in [6.45, 7) is 0.839. The molecule has 25 heavy (non-hydrogen) atoms. The summed E-state index contributed by atoms with van der Waals surface area (Å²) in [5.74, 6) is -0.478. The van der Waals surface area contributed by atoms with Crippen LogP contribution < -0.4 is 5.73 Å². The summed E-state index contributed by atoms with van der Waals surface area (Å²) >= 11 is 0. The summed E-state index contributed by atoms with van der Waals surface area (Å²) in [4.78, 5) is 11.9. The Bertz CT molecular complexity index is 805. The molecule has 0 radical (unpaired) electrons. The zero-order valence-electron chi connectivity index (χ0n) is 14.6. The fourth-order valence-corrected chi connectivity index (χ4v) is 5.43. The first-order chi connectivity index (χ1) is 11.8. The first kappa shape index (κ1) is 18.1. The third kappa shape index (κ3) is 3.37. The van der Waals surface area contributed by atoms with E-state index in [4.69, 9.17) is 10.5 Å². The van der Waals surface area contributed by atoms with Crippen LogP contribution in [0.15, 0.2) is 24.3 Å². The molecule has 0 unspecified atom stereocenters. The SMILES string of the molecule is CS(=O)(=O)C1(c2ccc(C(N)=O)c(C3=CCCCC3)c2)CCOCC1.